The van der Waals surface area contributed by atoms with Crippen LogP contribution in [0.2, 0.25) is 0 Å². The molecule has 5 rings (SSSR count). The largest absolute Gasteiger partial charge is 0.376 e. The molecule has 31 heavy (non-hydrogen) atoms. The minimum absolute atomic E-state index is 0.0793. The maximum Gasteiger partial charge on any atom is 0.328 e. The zero-order valence-electron chi connectivity index (χ0n) is 17.8. The van der Waals surface area contributed by atoms with Crippen molar-refractivity contribution in [2.45, 2.75) is 20.8 Å². The van der Waals surface area contributed by atoms with Crippen molar-refractivity contribution >= 4 is 61.0 Å². The van der Waals surface area contributed by atoms with Crippen LogP contribution in [0.5, 0.6) is 0 Å². The van der Waals surface area contributed by atoms with Gasteiger partial charge in [-0.05, 0) is 61.1 Å². The highest BCUT2D eigenvalue weighted by atomic mass is 79.9. The second-order valence-corrected chi connectivity index (χ2v) is 10.2. The van der Waals surface area contributed by atoms with Crippen molar-refractivity contribution in [1.82, 2.24) is 0 Å². The highest BCUT2D eigenvalue weighted by Gasteiger charge is 2.38. The van der Waals surface area contributed by atoms with Crippen molar-refractivity contribution in [1.29, 1.82) is 0 Å². The minimum Gasteiger partial charge on any atom is -0.376 e. The fourth-order valence-corrected chi connectivity index (χ4v) is 5.71. The Morgan fingerprint density at radius 1 is 0.677 bits per heavy atom. The molecule has 0 N–H and O–H groups in total. The summed E-state index contributed by atoms with van der Waals surface area (Å²) in [6, 6.07) is 28.7. The van der Waals surface area contributed by atoms with Crippen LogP contribution in [-0.4, -0.2) is 6.85 Å². The van der Waals surface area contributed by atoms with Gasteiger partial charge in [0.25, 0.3) is 0 Å². The first-order valence-corrected chi connectivity index (χ1v) is 12.0. The molecule has 0 radical (unpaired) electrons. The van der Waals surface area contributed by atoms with Gasteiger partial charge < -0.3 is 4.81 Å². The SMILES string of the molecule is Cc1cc(C)c(N2B(c3ccccc3)c3cc(Br)ccc3-c3ccc(Br)cc32)c(C)c1. The first-order valence-electron chi connectivity index (χ1n) is 10.5. The van der Waals surface area contributed by atoms with Crippen LogP contribution in [0.1, 0.15) is 16.7 Å². The first kappa shape index (κ1) is 20.6. The van der Waals surface area contributed by atoms with Crippen molar-refractivity contribution in [3.8, 4) is 11.1 Å². The Kier molecular flexibility index (Phi) is 5.31. The third-order valence-corrected chi connectivity index (χ3v) is 7.05. The molecule has 0 bridgehead atoms. The van der Waals surface area contributed by atoms with E-state index in [-0.39, 0.29) is 6.85 Å². The number of fused-ring (bicyclic) bond motifs is 3. The van der Waals surface area contributed by atoms with E-state index in [1.165, 1.54) is 50.1 Å². The van der Waals surface area contributed by atoms with Crippen LogP contribution in [0.3, 0.4) is 0 Å². The number of rotatable bonds is 2. The van der Waals surface area contributed by atoms with E-state index < -0.39 is 0 Å². The maximum atomic E-state index is 3.73. The molecule has 4 aromatic carbocycles. The Balaban J connectivity index is 1.90. The molecule has 1 aliphatic rings. The molecule has 0 saturated heterocycles. The monoisotopic (exact) mass is 529 g/mol. The van der Waals surface area contributed by atoms with Gasteiger partial charge in [-0.3, -0.25) is 0 Å². The third kappa shape index (κ3) is 3.56. The predicted octanol–water partition coefficient (Wildman–Crippen LogP) is 7.06. The number of hydrogen-bond acceptors (Lipinski definition) is 1. The summed E-state index contributed by atoms with van der Waals surface area (Å²) in [5, 5.41) is 0. The lowest BCUT2D eigenvalue weighted by atomic mass is 9.45. The molecule has 152 valence electrons. The molecule has 0 unspecified atom stereocenters. The summed E-state index contributed by atoms with van der Waals surface area (Å²) in [4.78, 5) is 2.54. The number of benzene rings is 4. The van der Waals surface area contributed by atoms with E-state index in [9.17, 15) is 0 Å². The Hall–Kier alpha value is -2.30. The van der Waals surface area contributed by atoms with Crippen LogP contribution in [0.25, 0.3) is 11.1 Å². The molecule has 4 heteroatoms. The Bertz CT molecular complexity index is 1280. The quantitative estimate of drug-likeness (QED) is 0.251. The number of hydrogen-bond donors (Lipinski definition) is 0. The van der Waals surface area contributed by atoms with Crippen molar-refractivity contribution in [2.75, 3.05) is 4.81 Å². The van der Waals surface area contributed by atoms with Gasteiger partial charge in [0.1, 0.15) is 0 Å². The molecule has 0 aliphatic carbocycles. The summed E-state index contributed by atoms with van der Waals surface area (Å²) in [5.74, 6) is 0. The molecule has 0 atom stereocenters. The second kappa shape index (κ2) is 8.00. The van der Waals surface area contributed by atoms with E-state index in [0.717, 1.165) is 8.95 Å². The average molecular weight is 531 g/mol. The van der Waals surface area contributed by atoms with Crippen molar-refractivity contribution < 1.29 is 0 Å². The third-order valence-electron chi connectivity index (χ3n) is 6.07. The molecule has 0 spiro atoms. The molecule has 1 nitrogen and oxygen atoms in total. The summed E-state index contributed by atoms with van der Waals surface area (Å²) in [7, 11) is 0. The van der Waals surface area contributed by atoms with Gasteiger partial charge in [0, 0.05) is 25.9 Å². The van der Waals surface area contributed by atoms with Crippen LogP contribution in [0.4, 0.5) is 11.4 Å². The van der Waals surface area contributed by atoms with Gasteiger partial charge in [0.2, 0.25) is 0 Å². The Morgan fingerprint density at radius 2 is 1.29 bits per heavy atom. The van der Waals surface area contributed by atoms with Crippen molar-refractivity contribution in [3.05, 3.63) is 104 Å². The average Bonchev–Trinajstić information content (AvgIpc) is 2.73. The van der Waals surface area contributed by atoms with Gasteiger partial charge >= 0.3 is 6.85 Å². The van der Waals surface area contributed by atoms with Gasteiger partial charge in [-0.25, -0.2) is 0 Å². The summed E-state index contributed by atoms with van der Waals surface area (Å²) in [5.41, 5.74) is 11.5. The lowest BCUT2D eigenvalue weighted by Gasteiger charge is -2.40. The summed E-state index contributed by atoms with van der Waals surface area (Å²) < 4.78 is 2.19. The van der Waals surface area contributed by atoms with Gasteiger partial charge in [0.05, 0.1) is 0 Å². The van der Waals surface area contributed by atoms with Crippen LogP contribution >= 0.6 is 31.9 Å². The van der Waals surface area contributed by atoms with Gasteiger partial charge in [0.15, 0.2) is 0 Å². The number of anilines is 2. The molecule has 1 heterocycles. The lowest BCUT2D eigenvalue weighted by Crippen LogP contribution is -2.57. The smallest absolute Gasteiger partial charge is 0.328 e. The predicted molar refractivity (Wildman–Crippen MR) is 142 cm³/mol. The van der Waals surface area contributed by atoms with Crippen molar-refractivity contribution in [3.63, 3.8) is 0 Å². The molecular weight excluding hydrogens is 509 g/mol. The number of halogens is 2. The summed E-state index contributed by atoms with van der Waals surface area (Å²) in [6.07, 6.45) is 0. The zero-order valence-corrected chi connectivity index (χ0v) is 21.0. The topological polar surface area (TPSA) is 3.24 Å². The fraction of sp³-hybridized carbons (Fsp3) is 0.111. The highest BCUT2D eigenvalue weighted by Crippen LogP contribution is 2.43. The van der Waals surface area contributed by atoms with Crippen LogP contribution in [0.15, 0.2) is 87.8 Å². The maximum absolute atomic E-state index is 3.73. The molecule has 1 aliphatic heterocycles. The standard InChI is InChI=1S/C27H22BBr2N/c1-17-13-18(2)27(19(3)14-17)31-26-16-22(30)10-12-24(26)23-11-9-21(29)15-25(23)28(31)20-7-5-4-6-8-20/h4-16H,1-3H3. The zero-order chi connectivity index (χ0) is 21.7. The van der Waals surface area contributed by atoms with E-state index in [0.29, 0.717) is 0 Å². The summed E-state index contributed by atoms with van der Waals surface area (Å²) >= 11 is 7.46. The van der Waals surface area contributed by atoms with Crippen LogP contribution in [-0.2, 0) is 0 Å². The first-order chi connectivity index (χ1) is 14.9. The van der Waals surface area contributed by atoms with Gasteiger partial charge in [-0.1, -0.05) is 104 Å². The van der Waals surface area contributed by atoms with E-state index >= 15 is 0 Å². The van der Waals surface area contributed by atoms with Crippen LogP contribution in [0, 0.1) is 20.8 Å². The normalized spacial score (nSPS) is 12.5. The minimum atomic E-state index is 0.0793. The van der Waals surface area contributed by atoms with Gasteiger partial charge in [-0.2, -0.15) is 0 Å². The Morgan fingerprint density at radius 3 is 1.97 bits per heavy atom. The molecule has 0 aromatic heterocycles. The van der Waals surface area contributed by atoms with E-state index in [1.807, 2.05) is 0 Å². The molecule has 4 aromatic rings. The Labute approximate surface area is 201 Å². The molecular formula is C27H22BBr2N. The van der Waals surface area contributed by atoms with Crippen molar-refractivity contribution in [2.24, 2.45) is 0 Å². The molecule has 0 saturated carbocycles. The van der Waals surface area contributed by atoms with E-state index in [4.69, 9.17) is 0 Å². The number of aryl methyl sites for hydroxylation is 3. The van der Waals surface area contributed by atoms with E-state index in [1.54, 1.807) is 0 Å². The molecule has 0 amide bonds. The second-order valence-electron chi connectivity index (χ2n) is 8.32. The fourth-order valence-electron chi connectivity index (χ4n) is 4.98. The molecule has 0 fully saturated rings. The van der Waals surface area contributed by atoms with Gasteiger partial charge in [-0.15, -0.1) is 0 Å². The van der Waals surface area contributed by atoms with Crippen LogP contribution < -0.4 is 15.7 Å². The van der Waals surface area contributed by atoms with E-state index in [2.05, 4.69) is 136 Å². The number of nitrogens with zero attached hydrogens (tertiary/aromatic N) is 1. The summed E-state index contributed by atoms with van der Waals surface area (Å²) in [6.45, 7) is 6.71. The lowest BCUT2D eigenvalue weighted by molar-refractivity contribution is 1.25. The highest BCUT2D eigenvalue weighted by molar-refractivity contribution is 9.10.